The number of methoxy groups -OCH3 is 1. The summed E-state index contributed by atoms with van der Waals surface area (Å²) >= 11 is 0. The van der Waals surface area contributed by atoms with Gasteiger partial charge in [0.15, 0.2) is 0 Å². The van der Waals surface area contributed by atoms with E-state index < -0.39 is 41.1 Å². The van der Waals surface area contributed by atoms with Gasteiger partial charge in [-0.3, -0.25) is 14.4 Å². The van der Waals surface area contributed by atoms with Crippen molar-refractivity contribution >= 4 is 29.4 Å². The first kappa shape index (κ1) is 22.1. The van der Waals surface area contributed by atoms with Gasteiger partial charge in [0.2, 0.25) is 5.91 Å². The molecule has 0 aliphatic carbocycles. The Labute approximate surface area is 179 Å². The van der Waals surface area contributed by atoms with Gasteiger partial charge in [-0.25, -0.2) is 14.1 Å². The predicted molar refractivity (Wildman–Crippen MR) is 111 cm³/mol. The minimum absolute atomic E-state index is 0.168. The van der Waals surface area contributed by atoms with Crippen molar-refractivity contribution in [2.75, 3.05) is 12.0 Å². The molecule has 0 radical (unpaired) electrons. The van der Waals surface area contributed by atoms with Crippen LogP contribution in [0.2, 0.25) is 0 Å². The van der Waals surface area contributed by atoms with E-state index in [1.165, 1.54) is 60.5 Å². The third-order valence-electron chi connectivity index (χ3n) is 5.03. The lowest BCUT2D eigenvalue weighted by Gasteiger charge is -2.39. The topological polar surface area (TPSA) is 84.0 Å². The molecule has 1 atom stereocenters. The molecule has 1 aliphatic rings. The fourth-order valence-electron chi connectivity index (χ4n) is 3.63. The van der Waals surface area contributed by atoms with Crippen molar-refractivity contribution in [2.45, 2.75) is 38.8 Å². The summed E-state index contributed by atoms with van der Waals surface area (Å²) in [6, 6.07) is 10.3. The van der Waals surface area contributed by atoms with Crippen LogP contribution in [0.25, 0.3) is 0 Å². The van der Waals surface area contributed by atoms with Crippen molar-refractivity contribution in [2.24, 2.45) is 0 Å². The van der Waals surface area contributed by atoms with E-state index in [9.17, 15) is 23.6 Å². The van der Waals surface area contributed by atoms with Crippen LogP contribution in [0.4, 0.5) is 10.1 Å². The highest BCUT2D eigenvalue weighted by Gasteiger charge is 2.48. The second-order valence-corrected chi connectivity index (χ2v) is 8.15. The van der Waals surface area contributed by atoms with Crippen molar-refractivity contribution in [3.8, 4) is 0 Å². The van der Waals surface area contributed by atoms with Crippen molar-refractivity contribution in [1.29, 1.82) is 0 Å². The molecule has 0 aromatic heterocycles. The van der Waals surface area contributed by atoms with Crippen LogP contribution in [0, 0.1) is 5.82 Å². The zero-order valence-corrected chi connectivity index (χ0v) is 17.7. The molecule has 2 aromatic carbocycles. The van der Waals surface area contributed by atoms with Crippen LogP contribution in [-0.2, 0) is 14.3 Å². The highest BCUT2D eigenvalue weighted by molar-refractivity contribution is 6.23. The molecule has 0 spiro atoms. The predicted octanol–water partition coefficient (Wildman–Crippen LogP) is 3.19. The summed E-state index contributed by atoms with van der Waals surface area (Å²) in [5.74, 6) is -2.99. The molecule has 1 aliphatic heterocycles. The lowest BCUT2D eigenvalue weighted by molar-refractivity contribution is -0.123. The van der Waals surface area contributed by atoms with Crippen molar-refractivity contribution < 1.29 is 28.3 Å². The van der Waals surface area contributed by atoms with E-state index in [1.807, 2.05) is 0 Å². The van der Waals surface area contributed by atoms with Crippen LogP contribution in [0.1, 0.15) is 47.9 Å². The third-order valence-corrected chi connectivity index (χ3v) is 5.03. The van der Waals surface area contributed by atoms with Gasteiger partial charge in [0, 0.05) is 5.54 Å². The molecule has 3 rings (SSSR count). The van der Waals surface area contributed by atoms with Gasteiger partial charge in [-0.15, -0.1) is 0 Å². The average Bonchev–Trinajstić information content (AvgIpc) is 3.00. The number of carbonyl (C=O) groups is 4. The Hall–Kier alpha value is -3.55. The van der Waals surface area contributed by atoms with Crippen LogP contribution < -0.4 is 4.90 Å². The minimum atomic E-state index is -1.08. The monoisotopic (exact) mass is 426 g/mol. The lowest BCUT2D eigenvalue weighted by atomic mass is 9.99. The Morgan fingerprint density at radius 2 is 1.68 bits per heavy atom. The number of ether oxygens (including phenoxy) is 1. The maximum Gasteiger partial charge on any atom is 0.337 e. The smallest absolute Gasteiger partial charge is 0.337 e. The Morgan fingerprint density at radius 3 is 2.23 bits per heavy atom. The highest BCUT2D eigenvalue weighted by atomic mass is 19.1. The quantitative estimate of drug-likeness (QED) is 0.554. The summed E-state index contributed by atoms with van der Waals surface area (Å²) < 4.78 is 18.9. The molecule has 0 saturated carbocycles. The maximum absolute atomic E-state index is 14.3. The van der Waals surface area contributed by atoms with E-state index in [4.69, 9.17) is 0 Å². The zero-order valence-electron chi connectivity index (χ0n) is 17.7. The Kier molecular flexibility index (Phi) is 5.92. The van der Waals surface area contributed by atoms with Crippen LogP contribution in [0.5, 0.6) is 0 Å². The van der Waals surface area contributed by atoms with Crippen LogP contribution in [-0.4, -0.2) is 47.3 Å². The van der Waals surface area contributed by atoms with Gasteiger partial charge in [-0.2, -0.15) is 0 Å². The number of esters is 1. The molecular weight excluding hydrogens is 403 g/mol. The summed E-state index contributed by atoms with van der Waals surface area (Å²) in [7, 11) is 1.25. The molecular formula is C23H23FN2O5. The molecule has 8 heteroatoms. The Morgan fingerprint density at radius 1 is 1.06 bits per heavy atom. The van der Waals surface area contributed by atoms with E-state index in [0.717, 1.165) is 4.90 Å². The summed E-state index contributed by atoms with van der Waals surface area (Å²) in [6.45, 7) is 5.16. The number of carbonyl (C=O) groups excluding carboxylic acids is 4. The number of anilines is 1. The van der Waals surface area contributed by atoms with Gasteiger partial charge in [-0.05, 0) is 57.2 Å². The molecule has 2 aromatic rings. The van der Waals surface area contributed by atoms with Gasteiger partial charge < -0.3 is 9.64 Å². The molecule has 1 saturated heterocycles. The van der Waals surface area contributed by atoms with Crippen molar-refractivity contribution in [3.05, 3.63) is 65.5 Å². The first-order valence-corrected chi connectivity index (χ1v) is 9.69. The molecule has 1 fully saturated rings. The molecule has 3 amide bonds. The summed E-state index contributed by atoms with van der Waals surface area (Å²) in [5, 5.41) is 0. The number of nitrogens with zero attached hydrogens (tertiary/aromatic N) is 2. The maximum atomic E-state index is 14.3. The molecule has 1 heterocycles. The van der Waals surface area contributed by atoms with E-state index >= 15 is 0 Å². The zero-order chi connectivity index (χ0) is 22.9. The molecule has 31 heavy (non-hydrogen) atoms. The summed E-state index contributed by atoms with van der Waals surface area (Å²) in [5.41, 5.74) is -0.478. The van der Waals surface area contributed by atoms with Gasteiger partial charge in [0.1, 0.15) is 11.9 Å². The van der Waals surface area contributed by atoms with E-state index in [0.29, 0.717) is 0 Å². The van der Waals surface area contributed by atoms with E-state index in [2.05, 4.69) is 4.74 Å². The normalized spacial score (nSPS) is 16.4. The lowest BCUT2D eigenvalue weighted by Crippen LogP contribution is -2.54. The Bertz CT molecular complexity index is 1040. The minimum Gasteiger partial charge on any atom is -0.465 e. The number of rotatable bonds is 4. The molecule has 0 bridgehead atoms. The Balaban J connectivity index is 1.95. The fourth-order valence-corrected chi connectivity index (χ4v) is 3.63. The largest absolute Gasteiger partial charge is 0.465 e. The molecule has 7 nitrogen and oxygen atoms in total. The summed E-state index contributed by atoms with van der Waals surface area (Å²) in [4.78, 5) is 53.0. The number of benzene rings is 2. The first-order chi connectivity index (χ1) is 14.6. The first-order valence-electron chi connectivity index (χ1n) is 9.69. The summed E-state index contributed by atoms with van der Waals surface area (Å²) in [6.07, 6.45) is -0.227. The third kappa shape index (κ3) is 4.19. The van der Waals surface area contributed by atoms with Gasteiger partial charge >= 0.3 is 5.97 Å². The van der Waals surface area contributed by atoms with Crippen LogP contribution in [0.3, 0.4) is 0 Å². The van der Waals surface area contributed by atoms with E-state index in [1.54, 1.807) is 20.8 Å². The van der Waals surface area contributed by atoms with Gasteiger partial charge in [0.05, 0.1) is 30.3 Å². The number of amides is 3. The second kappa shape index (κ2) is 8.29. The number of hydrogen-bond acceptors (Lipinski definition) is 5. The van der Waals surface area contributed by atoms with E-state index in [-0.39, 0.29) is 23.2 Å². The number of hydrogen-bond donors (Lipinski definition) is 0. The second-order valence-electron chi connectivity index (χ2n) is 8.15. The molecule has 162 valence electrons. The fraction of sp³-hybridized carbons (Fsp3) is 0.304. The van der Waals surface area contributed by atoms with Crippen LogP contribution in [0.15, 0.2) is 48.5 Å². The van der Waals surface area contributed by atoms with Crippen molar-refractivity contribution in [3.63, 3.8) is 0 Å². The van der Waals surface area contributed by atoms with Crippen molar-refractivity contribution in [1.82, 2.24) is 4.90 Å². The standard InChI is InChI=1S/C23H23FN2O5/c1-23(2,3)26(20(28)16-7-5-6-8-17(16)24)18-13-19(27)25(21(18)29)15-11-9-14(10-12-15)22(30)31-4/h5-12,18H,13H2,1-4H3. The van der Waals surface area contributed by atoms with Gasteiger partial charge in [0.25, 0.3) is 11.8 Å². The average molecular weight is 426 g/mol. The van der Waals surface area contributed by atoms with Gasteiger partial charge in [-0.1, -0.05) is 12.1 Å². The van der Waals surface area contributed by atoms with Crippen LogP contribution >= 0.6 is 0 Å². The number of halogens is 1. The molecule has 1 unspecified atom stereocenters. The molecule has 0 N–H and O–H groups in total. The SMILES string of the molecule is COC(=O)c1ccc(N2C(=O)CC(N(C(=O)c3ccccc3F)C(C)(C)C)C2=O)cc1. The number of imide groups is 1. The highest BCUT2D eigenvalue weighted by Crippen LogP contribution is 2.31.